The molecule has 0 aliphatic carbocycles. The topological polar surface area (TPSA) is 91.4 Å². The molecule has 3 aromatic rings. The molecule has 3 N–H and O–H groups in total. The van der Waals surface area contributed by atoms with Crippen molar-refractivity contribution >= 4 is 28.5 Å². The third-order valence-corrected chi connectivity index (χ3v) is 5.14. The normalized spacial score (nSPS) is 11.7. The van der Waals surface area contributed by atoms with Gasteiger partial charge in [0.2, 0.25) is 5.91 Å². The first-order valence-electron chi connectivity index (χ1n) is 9.86. The quantitative estimate of drug-likeness (QED) is 0.476. The lowest BCUT2D eigenvalue weighted by Crippen LogP contribution is -2.50. The third-order valence-electron chi connectivity index (χ3n) is 4.83. The van der Waals surface area contributed by atoms with Gasteiger partial charge >= 0.3 is 0 Å². The van der Waals surface area contributed by atoms with E-state index < -0.39 is 11.4 Å². The minimum absolute atomic E-state index is 0.386. The number of benzene rings is 2. The van der Waals surface area contributed by atoms with Gasteiger partial charge in [-0.25, -0.2) is 4.98 Å². The maximum atomic E-state index is 11.6. The average Bonchev–Trinajstić information content (AvgIpc) is 3.05. The van der Waals surface area contributed by atoms with Crippen molar-refractivity contribution in [3.05, 3.63) is 53.3 Å². The molecule has 7 nitrogen and oxygen atoms in total. The summed E-state index contributed by atoms with van der Waals surface area (Å²) in [5.74, 6) is 1.61. The van der Waals surface area contributed by atoms with E-state index in [9.17, 15) is 4.79 Å². The van der Waals surface area contributed by atoms with Crippen LogP contribution in [0.3, 0.4) is 0 Å². The van der Waals surface area contributed by atoms with Crippen molar-refractivity contribution in [2.45, 2.75) is 39.4 Å². The van der Waals surface area contributed by atoms with Gasteiger partial charge in [-0.15, -0.1) is 0 Å². The van der Waals surface area contributed by atoms with E-state index in [0.29, 0.717) is 42.8 Å². The van der Waals surface area contributed by atoms with Crippen LogP contribution in [0.2, 0.25) is 5.02 Å². The van der Waals surface area contributed by atoms with Gasteiger partial charge in [-0.3, -0.25) is 10.1 Å². The molecule has 0 aliphatic heterocycles. The van der Waals surface area contributed by atoms with Crippen molar-refractivity contribution < 1.29 is 14.3 Å². The molecule has 0 unspecified atom stereocenters. The van der Waals surface area contributed by atoms with Gasteiger partial charge < -0.3 is 19.8 Å². The molecule has 0 saturated carbocycles. The summed E-state index contributed by atoms with van der Waals surface area (Å²) in [6.45, 7) is 7.64. The molecule has 0 radical (unpaired) electrons. The maximum absolute atomic E-state index is 11.6. The first-order valence-corrected chi connectivity index (χ1v) is 10.2. The molecule has 1 aromatic heterocycles. The number of aromatic nitrogens is 2. The summed E-state index contributed by atoms with van der Waals surface area (Å²) in [5.41, 5.74) is 6.36. The van der Waals surface area contributed by atoms with Gasteiger partial charge in [0, 0.05) is 19.2 Å². The number of halogens is 1. The molecule has 0 saturated heterocycles. The molecular weight excluding hydrogens is 404 g/mol. The summed E-state index contributed by atoms with van der Waals surface area (Å²) in [4.78, 5) is 16.4. The highest BCUT2D eigenvalue weighted by atomic mass is 35.5. The number of nitrogens with two attached hydrogens (primary N) is 1. The summed E-state index contributed by atoms with van der Waals surface area (Å²) in [5, 5.41) is 3.72. The minimum Gasteiger partial charge on any atom is -0.456 e. The molecule has 3 rings (SSSR count). The van der Waals surface area contributed by atoms with Crippen LogP contribution in [0.25, 0.3) is 11.0 Å². The molecule has 30 heavy (non-hydrogen) atoms. The summed E-state index contributed by atoms with van der Waals surface area (Å²) >= 11 is 6.22. The smallest absolute Gasteiger partial charge is 0.237 e. The molecule has 1 heterocycles. The number of nitrogens with zero attached hydrogens (tertiary/aromatic N) is 2. The second kappa shape index (κ2) is 9.47. The van der Waals surface area contributed by atoms with Gasteiger partial charge in [0.05, 0.1) is 34.7 Å². The summed E-state index contributed by atoms with van der Waals surface area (Å²) in [6.07, 6.45) is 0. The summed E-state index contributed by atoms with van der Waals surface area (Å²) in [7, 11) is 0. The van der Waals surface area contributed by atoms with E-state index in [1.807, 2.05) is 43.3 Å². The molecule has 2 aromatic carbocycles. The number of imidazole rings is 1. The highest BCUT2D eigenvalue weighted by molar-refractivity contribution is 6.32. The lowest BCUT2D eigenvalue weighted by atomic mass is 10.1. The summed E-state index contributed by atoms with van der Waals surface area (Å²) < 4.78 is 13.6. The number of amides is 1. The number of ether oxygens (including phenoxy) is 2. The molecule has 8 heteroatoms. The number of carbonyl (C=O) groups is 1. The van der Waals surface area contributed by atoms with Crippen LogP contribution in [0.1, 0.15) is 26.6 Å². The van der Waals surface area contributed by atoms with Gasteiger partial charge in [-0.2, -0.15) is 0 Å². The molecule has 0 fully saturated rings. The number of para-hydroxylation sites is 1. The Labute approximate surface area is 181 Å². The van der Waals surface area contributed by atoms with Gasteiger partial charge in [0.15, 0.2) is 0 Å². The third kappa shape index (κ3) is 5.11. The highest BCUT2D eigenvalue weighted by Gasteiger charge is 2.25. The van der Waals surface area contributed by atoms with E-state index in [1.165, 1.54) is 0 Å². The average molecular weight is 431 g/mol. The predicted octanol–water partition coefficient (Wildman–Crippen LogP) is 3.87. The van der Waals surface area contributed by atoms with Crippen LogP contribution >= 0.6 is 11.6 Å². The Morgan fingerprint density at radius 3 is 2.73 bits per heavy atom. The van der Waals surface area contributed by atoms with Crippen molar-refractivity contribution in [2.75, 3.05) is 13.2 Å². The number of carbonyl (C=O) groups excluding carboxylic acids is 1. The SMILES string of the molecule is CCOCCn1c(CNC(C)(C)C(N)=O)nc2ccc(Oc3ccccc3Cl)cc21. The predicted molar refractivity (Wildman–Crippen MR) is 118 cm³/mol. The van der Waals surface area contributed by atoms with Crippen molar-refractivity contribution in [3.8, 4) is 11.5 Å². The summed E-state index contributed by atoms with van der Waals surface area (Å²) in [6, 6.07) is 13.0. The largest absolute Gasteiger partial charge is 0.456 e. The van der Waals surface area contributed by atoms with Gasteiger partial charge in [-0.05, 0) is 45.0 Å². The minimum atomic E-state index is -0.846. The Morgan fingerprint density at radius 1 is 1.27 bits per heavy atom. The van der Waals surface area contributed by atoms with Crippen LogP contribution in [0.4, 0.5) is 0 Å². The molecule has 0 spiro atoms. The van der Waals surface area contributed by atoms with Crippen LogP contribution in [-0.2, 0) is 22.6 Å². The van der Waals surface area contributed by atoms with Gasteiger partial charge in [0.1, 0.15) is 17.3 Å². The number of primary amides is 1. The van der Waals surface area contributed by atoms with Crippen LogP contribution in [0, 0.1) is 0 Å². The molecule has 0 bridgehead atoms. The van der Waals surface area contributed by atoms with Crippen molar-refractivity contribution in [1.82, 2.24) is 14.9 Å². The van der Waals surface area contributed by atoms with Crippen molar-refractivity contribution in [1.29, 1.82) is 0 Å². The molecule has 1 amide bonds. The fourth-order valence-electron chi connectivity index (χ4n) is 2.94. The number of hydrogen-bond donors (Lipinski definition) is 2. The Balaban J connectivity index is 1.92. The zero-order valence-corrected chi connectivity index (χ0v) is 18.2. The van der Waals surface area contributed by atoms with Crippen LogP contribution in [0.5, 0.6) is 11.5 Å². The van der Waals surface area contributed by atoms with E-state index in [-0.39, 0.29) is 0 Å². The molecule has 0 aliphatic rings. The van der Waals surface area contributed by atoms with Crippen molar-refractivity contribution in [3.63, 3.8) is 0 Å². The zero-order valence-electron chi connectivity index (χ0n) is 17.4. The Kier molecular flexibility index (Phi) is 6.97. The van der Waals surface area contributed by atoms with E-state index in [1.54, 1.807) is 19.9 Å². The van der Waals surface area contributed by atoms with E-state index in [0.717, 1.165) is 16.9 Å². The Morgan fingerprint density at radius 2 is 2.03 bits per heavy atom. The van der Waals surface area contributed by atoms with Crippen LogP contribution in [0.15, 0.2) is 42.5 Å². The lowest BCUT2D eigenvalue weighted by molar-refractivity contribution is -0.123. The molecule has 160 valence electrons. The molecule has 0 atom stereocenters. The Bertz CT molecular complexity index is 1030. The fourth-order valence-corrected chi connectivity index (χ4v) is 3.12. The zero-order chi connectivity index (χ0) is 21.7. The van der Waals surface area contributed by atoms with Crippen LogP contribution < -0.4 is 15.8 Å². The standard InChI is InChI=1S/C22H27ClN4O3/c1-4-29-12-11-27-18-13-15(30-19-8-6-5-7-16(19)23)9-10-17(18)26-20(27)14-25-22(2,3)21(24)28/h5-10,13,25H,4,11-12,14H2,1-3H3,(H2,24,28). The first-order chi connectivity index (χ1) is 14.3. The fraction of sp³-hybridized carbons (Fsp3) is 0.364. The number of hydrogen-bond acceptors (Lipinski definition) is 5. The second-order valence-electron chi connectivity index (χ2n) is 7.40. The van der Waals surface area contributed by atoms with Crippen molar-refractivity contribution in [2.24, 2.45) is 5.73 Å². The van der Waals surface area contributed by atoms with Gasteiger partial charge in [0.25, 0.3) is 0 Å². The highest BCUT2D eigenvalue weighted by Crippen LogP contribution is 2.31. The first kappa shape index (κ1) is 22.1. The Hall–Kier alpha value is -2.61. The number of rotatable bonds is 10. The maximum Gasteiger partial charge on any atom is 0.237 e. The monoisotopic (exact) mass is 430 g/mol. The van der Waals surface area contributed by atoms with E-state index in [2.05, 4.69) is 9.88 Å². The lowest BCUT2D eigenvalue weighted by Gasteiger charge is -2.22. The number of nitrogens with one attached hydrogen (secondary N) is 1. The molecular formula is C22H27ClN4O3. The van der Waals surface area contributed by atoms with E-state index >= 15 is 0 Å². The second-order valence-corrected chi connectivity index (χ2v) is 7.81. The number of fused-ring (bicyclic) bond motifs is 1. The van der Waals surface area contributed by atoms with E-state index in [4.69, 9.17) is 31.8 Å². The van der Waals surface area contributed by atoms with Crippen LogP contribution in [-0.4, -0.2) is 34.2 Å². The van der Waals surface area contributed by atoms with Gasteiger partial charge in [-0.1, -0.05) is 23.7 Å².